The van der Waals surface area contributed by atoms with Crippen LogP contribution in [-0.4, -0.2) is 10.9 Å². The molecule has 0 saturated carbocycles. The van der Waals surface area contributed by atoms with E-state index >= 15 is 0 Å². The van der Waals surface area contributed by atoms with Gasteiger partial charge in [0.1, 0.15) is 4.88 Å². The molecule has 0 bridgehead atoms. The molecule has 1 amide bonds. The number of anilines is 2. The van der Waals surface area contributed by atoms with Gasteiger partial charge in [-0.1, -0.05) is 66.8 Å². The SMILES string of the molecule is CCc1cccc(C)c1NC(=O)c1sc(N)nc1-c1ccccc1. The van der Waals surface area contributed by atoms with Crippen LogP contribution < -0.4 is 11.1 Å². The molecule has 0 atom stereocenters. The Morgan fingerprint density at radius 1 is 1.17 bits per heavy atom. The Kier molecular flexibility index (Phi) is 4.62. The Balaban J connectivity index is 1.98. The Bertz CT molecular complexity index is 872. The molecule has 2 aromatic carbocycles. The monoisotopic (exact) mass is 337 g/mol. The number of nitrogens with two attached hydrogens (primary N) is 1. The van der Waals surface area contributed by atoms with Crippen LogP contribution in [-0.2, 0) is 6.42 Å². The molecule has 5 heteroatoms. The van der Waals surface area contributed by atoms with E-state index in [1.807, 2.05) is 55.5 Å². The van der Waals surface area contributed by atoms with Crippen LogP contribution in [0.15, 0.2) is 48.5 Å². The molecule has 3 N–H and O–H groups in total. The number of carbonyl (C=O) groups is 1. The molecule has 0 aliphatic carbocycles. The van der Waals surface area contributed by atoms with E-state index in [1.165, 1.54) is 11.3 Å². The van der Waals surface area contributed by atoms with Gasteiger partial charge in [-0.15, -0.1) is 0 Å². The number of benzene rings is 2. The summed E-state index contributed by atoms with van der Waals surface area (Å²) in [7, 11) is 0. The zero-order valence-corrected chi connectivity index (χ0v) is 14.5. The van der Waals surface area contributed by atoms with Crippen LogP contribution in [0.5, 0.6) is 0 Å². The van der Waals surface area contributed by atoms with Crippen LogP contribution >= 0.6 is 11.3 Å². The van der Waals surface area contributed by atoms with Crippen molar-refractivity contribution in [1.29, 1.82) is 0 Å². The number of para-hydroxylation sites is 1. The van der Waals surface area contributed by atoms with Crippen molar-refractivity contribution in [3.8, 4) is 11.3 Å². The van der Waals surface area contributed by atoms with Crippen LogP contribution in [0, 0.1) is 6.92 Å². The molecule has 3 aromatic rings. The lowest BCUT2D eigenvalue weighted by atomic mass is 10.1. The minimum atomic E-state index is -0.174. The minimum absolute atomic E-state index is 0.174. The largest absolute Gasteiger partial charge is 0.375 e. The lowest BCUT2D eigenvalue weighted by molar-refractivity contribution is 0.103. The van der Waals surface area contributed by atoms with Crippen molar-refractivity contribution in [2.75, 3.05) is 11.1 Å². The van der Waals surface area contributed by atoms with Crippen LogP contribution in [0.3, 0.4) is 0 Å². The molecule has 24 heavy (non-hydrogen) atoms. The van der Waals surface area contributed by atoms with Crippen molar-refractivity contribution in [3.05, 3.63) is 64.5 Å². The molecule has 3 rings (SSSR count). The number of nitrogen functional groups attached to an aromatic ring is 1. The van der Waals surface area contributed by atoms with Gasteiger partial charge in [0.25, 0.3) is 5.91 Å². The second kappa shape index (κ2) is 6.84. The van der Waals surface area contributed by atoms with E-state index in [9.17, 15) is 4.79 Å². The number of hydrogen-bond donors (Lipinski definition) is 2. The first-order chi connectivity index (χ1) is 11.6. The molecular weight excluding hydrogens is 318 g/mol. The van der Waals surface area contributed by atoms with Gasteiger partial charge in [-0.05, 0) is 24.5 Å². The topological polar surface area (TPSA) is 68.0 Å². The van der Waals surface area contributed by atoms with E-state index < -0.39 is 0 Å². The van der Waals surface area contributed by atoms with Gasteiger partial charge in [-0.2, -0.15) is 0 Å². The predicted octanol–water partition coefficient (Wildman–Crippen LogP) is 4.52. The van der Waals surface area contributed by atoms with Gasteiger partial charge < -0.3 is 11.1 Å². The van der Waals surface area contributed by atoms with E-state index in [4.69, 9.17) is 5.73 Å². The number of amides is 1. The van der Waals surface area contributed by atoms with Crippen molar-refractivity contribution in [3.63, 3.8) is 0 Å². The zero-order valence-electron chi connectivity index (χ0n) is 13.7. The summed E-state index contributed by atoms with van der Waals surface area (Å²) >= 11 is 1.21. The predicted molar refractivity (Wildman–Crippen MR) is 100 cm³/mol. The number of thiazole rings is 1. The zero-order chi connectivity index (χ0) is 17.1. The molecule has 0 saturated heterocycles. The highest BCUT2D eigenvalue weighted by Gasteiger charge is 2.20. The third-order valence-electron chi connectivity index (χ3n) is 3.88. The number of nitrogens with zero attached hydrogens (tertiary/aromatic N) is 1. The first kappa shape index (κ1) is 16.2. The molecule has 1 aromatic heterocycles. The van der Waals surface area contributed by atoms with Crippen LogP contribution in [0.2, 0.25) is 0 Å². The van der Waals surface area contributed by atoms with Crippen molar-refractivity contribution in [2.24, 2.45) is 0 Å². The summed E-state index contributed by atoms with van der Waals surface area (Å²) in [6, 6.07) is 15.7. The lowest BCUT2D eigenvalue weighted by Crippen LogP contribution is -2.14. The Labute approximate surface area is 145 Å². The molecule has 0 aliphatic rings. The second-order valence-corrected chi connectivity index (χ2v) is 6.54. The number of hydrogen-bond acceptors (Lipinski definition) is 4. The average Bonchev–Trinajstić information content (AvgIpc) is 2.99. The van der Waals surface area contributed by atoms with Crippen LogP contribution in [0.1, 0.15) is 27.7 Å². The normalized spacial score (nSPS) is 10.6. The van der Waals surface area contributed by atoms with Crippen molar-refractivity contribution < 1.29 is 4.79 Å². The molecule has 0 spiro atoms. The van der Waals surface area contributed by atoms with Gasteiger partial charge in [-0.25, -0.2) is 4.98 Å². The number of carbonyl (C=O) groups excluding carboxylic acids is 1. The van der Waals surface area contributed by atoms with Gasteiger partial charge in [0.15, 0.2) is 5.13 Å². The van der Waals surface area contributed by atoms with Gasteiger partial charge in [-0.3, -0.25) is 4.79 Å². The number of aryl methyl sites for hydroxylation is 2. The summed E-state index contributed by atoms with van der Waals surface area (Å²) in [5, 5.41) is 3.43. The minimum Gasteiger partial charge on any atom is -0.375 e. The average molecular weight is 337 g/mol. The highest BCUT2D eigenvalue weighted by molar-refractivity contribution is 7.17. The molecule has 0 fully saturated rings. The fraction of sp³-hybridized carbons (Fsp3) is 0.158. The molecule has 122 valence electrons. The highest BCUT2D eigenvalue weighted by atomic mass is 32.1. The molecular formula is C19H19N3OS. The molecule has 0 unspecified atom stereocenters. The third kappa shape index (κ3) is 3.16. The first-order valence-electron chi connectivity index (χ1n) is 7.81. The summed E-state index contributed by atoms with van der Waals surface area (Å²) in [4.78, 5) is 17.7. The van der Waals surface area contributed by atoms with Crippen LogP contribution in [0.25, 0.3) is 11.3 Å². The van der Waals surface area contributed by atoms with Crippen LogP contribution in [0.4, 0.5) is 10.8 Å². The summed E-state index contributed by atoms with van der Waals surface area (Å²) in [5.74, 6) is -0.174. The smallest absolute Gasteiger partial charge is 0.268 e. The van der Waals surface area contributed by atoms with Crippen molar-refractivity contribution >= 4 is 28.1 Å². The number of aromatic nitrogens is 1. The van der Waals surface area contributed by atoms with Crippen molar-refractivity contribution in [1.82, 2.24) is 4.98 Å². The number of rotatable bonds is 4. The quantitative estimate of drug-likeness (QED) is 0.736. The Morgan fingerprint density at radius 2 is 1.92 bits per heavy atom. The standard InChI is InChI=1S/C19H19N3OS/c1-3-13-11-7-8-12(2)15(13)21-18(23)17-16(22-19(20)24-17)14-9-5-4-6-10-14/h4-11H,3H2,1-2H3,(H2,20,22)(H,21,23). The molecule has 1 heterocycles. The lowest BCUT2D eigenvalue weighted by Gasteiger charge is -2.12. The maximum Gasteiger partial charge on any atom is 0.268 e. The Morgan fingerprint density at radius 3 is 2.62 bits per heavy atom. The summed E-state index contributed by atoms with van der Waals surface area (Å²) in [5.41, 5.74) is 10.4. The van der Waals surface area contributed by atoms with E-state index in [2.05, 4.69) is 17.2 Å². The second-order valence-electron chi connectivity index (χ2n) is 5.51. The van der Waals surface area contributed by atoms with Gasteiger partial charge in [0, 0.05) is 11.3 Å². The summed E-state index contributed by atoms with van der Waals surface area (Å²) in [6.45, 7) is 4.07. The maximum atomic E-state index is 12.8. The van der Waals surface area contributed by atoms with E-state index in [1.54, 1.807) is 0 Å². The van der Waals surface area contributed by atoms with Gasteiger partial charge >= 0.3 is 0 Å². The van der Waals surface area contributed by atoms with Gasteiger partial charge in [0.05, 0.1) is 5.69 Å². The van der Waals surface area contributed by atoms with Crippen molar-refractivity contribution in [2.45, 2.75) is 20.3 Å². The summed E-state index contributed by atoms with van der Waals surface area (Å²) in [6.07, 6.45) is 0.855. The Hall–Kier alpha value is -2.66. The van der Waals surface area contributed by atoms with E-state index in [-0.39, 0.29) is 5.91 Å². The highest BCUT2D eigenvalue weighted by Crippen LogP contribution is 2.31. The third-order valence-corrected chi connectivity index (χ3v) is 4.76. The first-order valence-corrected chi connectivity index (χ1v) is 8.63. The van der Waals surface area contributed by atoms with Gasteiger partial charge in [0.2, 0.25) is 0 Å². The molecule has 0 radical (unpaired) electrons. The fourth-order valence-corrected chi connectivity index (χ4v) is 3.40. The van der Waals surface area contributed by atoms with E-state index in [0.29, 0.717) is 15.7 Å². The van der Waals surface area contributed by atoms with E-state index in [0.717, 1.165) is 28.8 Å². The number of nitrogens with one attached hydrogen (secondary N) is 1. The fourth-order valence-electron chi connectivity index (χ4n) is 2.65. The molecule has 0 aliphatic heterocycles. The molecule has 4 nitrogen and oxygen atoms in total. The summed E-state index contributed by atoms with van der Waals surface area (Å²) < 4.78 is 0. The maximum absolute atomic E-state index is 12.8.